The first kappa shape index (κ1) is 14.5. The molecule has 2 aliphatic heterocycles. The molecule has 0 amide bonds. The van der Waals surface area contributed by atoms with Crippen molar-refractivity contribution in [3.63, 3.8) is 0 Å². The molecule has 4 heteroatoms. The summed E-state index contributed by atoms with van der Waals surface area (Å²) in [7, 11) is 0. The van der Waals surface area contributed by atoms with Gasteiger partial charge in [0.1, 0.15) is 0 Å². The second-order valence-electron chi connectivity index (χ2n) is 6.45. The van der Waals surface area contributed by atoms with Crippen LogP contribution in [0.15, 0.2) is 42.6 Å². The van der Waals surface area contributed by atoms with Crippen LogP contribution in [0.2, 0.25) is 0 Å². The van der Waals surface area contributed by atoms with Crippen LogP contribution in [0, 0.1) is 5.92 Å². The number of ether oxygens (including phenoxy) is 2. The molecule has 1 saturated heterocycles. The van der Waals surface area contributed by atoms with E-state index in [-0.39, 0.29) is 0 Å². The molecule has 1 aromatic heterocycles. The summed E-state index contributed by atoms with van der Waals surface area (Å²) in [6.07, 6.45) is 4.02. The highest BCUT2D eigenvalue weighted by atomic mass is 16.7. The molecule has 4 rings (SSSR count). The Hall–Kier alpha value is -2.07. The minimum absolute atomic E-state index is 0.337. The van der Waals surface area contributed by atoms with Gasteiger partial charge in [0.25, 0.3) is 0 Å². The third kappa shape index (κ3) is 2.91. The molecule has 4 nitrogen and oxygen atoms in total. The van der Waals surface area contributed by atoms with Crippen molar-refractivity contribution in [2.45, 2.75) is 31.7 Å². The van der Waals surface area contributed by atoms with Crippen molar-refractivity contribution in [2.75, 3.05) is 13.3 Å². The lowest BCUT2D eigenvalue weighted by Crippen LogP contribution is -2.26. The number of aromatic nitrogens is 1. The van der Waals surface area contributed by atoms with Crippen molar-refractivity contribution in [1.82, 2.24) is 10.3 Å². The predicted molar refractivity (Wildman–Crippen MR) is 88.8 cm³/mol. The van der Waals surface area contributed by atoms with Crippen LogP contribution < -0.4 is 14.8 Å². The Balaban J connectivity index is 1.42. The van der Waals surface area contributed by atoms with E-state index in [1.807, 2.05) is 18.3 Å². The third-order valence-electron chi connectivity index (χ3n) is 5.13. The topological polar surface area (TPSA) is 43.4 Å². The summed E-state index contributed by atoms with van der Waals surface area (Å²) in [5.41, 5.74) is 2.52. The number of nitrogens with one attached hydrogen (secondary N) is 1. The van der Waals surface area contributed by atoms with Gasteiger partial charge in [0.2, 0.25) is 6.79 Å². The van der Waals surface area contributed by atoms with Gasteiger partial charge in [-0.2, -0.15) is 0 Å². The van der Waals surface area contributed by atoms with E-state index in [1.54, 1.807) is 0 Å². The smallest absolute Gasteiger partial charge is 0.231 e. The highest BCUT2D eigenvalue weighted by Gasteiger charge is 2.33. The molecule has 1 N–H and O–H groups in total. The van der Waals surface area contributed by atoms with Crippen molar-refractivity contribution >= 4 is 0 Å². The number of benzene rings is 1. The summed E-state index contributed by atoms with van der Waals surface area (Å²) in [4.78, 5) is 4.42. The molecule has 3 heterocycles. The quantitative estimate of drug-likeness (QED) is 0.942. The summed E-state index contributed by atoms with van der Waals surface area (Å²) in [6.45, 7) is 3.70. The van der Waals surface area contributed by atoms with E-state index >= 15 is 0 Å². The number of hydrogen-bond acceptors (Lipinski definition) is 4. The highest BCUT2D eigenvalue weighted by molar-refractivity contribution is 5.45. The maximum Gasteiger partial charge on any atom is 0.231 e. The second-order valence-corrected chi connectivity index (χ2v) is 6.45. The molecule has 120 valence electrons. The molecule has 23 heavy (non-hydrogen) atoms. The highest BCUT2D eigenvalue weighted by Crippen LogP contribution is 2.39. The van der Waals surface area contributed by atoms with Crippen molar-refractivity contribution in [3.05, 3.63) is 53.9 Å². The Morgan fingerprint density at radius 3 is 2.96 bits per heavy atom. The van der Waals surface area contributed by atoms with E-state index in [0.29, 0.717) is 24.7 Å². The zero-order valence-corrected chi connectivity index (χ0v) is 13.4. The van der Waals surface area contributed by atoms with Gasteiger partial charge >= 0.3 is 0 Å². The molecule has 0 bridgehead atoms. The van der Waals surface area contributed by atoms with Crippen molar-refractivity contribution in [2.24, 2.45) is 5.92 Å². The van der Waals surface area contributed by atoms with Gasteiger partial charge in [-0.25, -0.2) is 0 Å². The molecular weight excluding hydrogens is 288 g/mol. The van der Waals surface area contributed by atoms with E-state index in [9.17, 15) is 0 Å². The molecule has 3 atom stereocenters. The first-order chi connectivity index (χ1) is 11.3. The lowest BCUT2D eigenvalue weighted by molar-refractivity contribution is 0.174. The molecule has 0 saturated carbocycles. The van der Waals surface area contributed by atoms with Gasteiger partial charge in [-0.05, 0) is 48.6 Å². The van der Waals surface area contributed by atoms with Gasteiger partial charge in [-0.15, -0.1) is 0 Å². The molecule has 2 aromatic rings. The SMILES string of the molecule is C[C@H]1[C@H](CCc2ccccn2)NC[C@@H]1c1ccc2c(c1)OCO2. The molecule has 1 aromatic carbocycles. The minimum Gasteiger partial charge on any atom is -0.454 e. The molecular formula is C19H22N2O2. The van der Waals surface area contributed by atoms with Crippen LogP contribution in [-0.4, -0.2) is 24.4 Å². The van der Waals surface area contributed by atoms with E-state index in [4.69, 9.17) is 9.47 Å². The Kier molecular flexibility index (Phi) is 3.92. The second kappa shape index (κ2) is 6.20. The van der Waals surface area contributed by atoms with Crippen LogP contribution in [-0.2, 0) is 6.42 Å². The van der Waals surface area contributed by atoms with Crippen LogP contribution in [0.25, 0.3) is 0 Å². The van der Waals surface area contributed by atoms with E-state index in [1.165, 1.54) is 11.3 Å². The van der Waals surface area contributed by atoms with Crippen LogP contribution in [0.3, 0.4) is 0 Å². The maximum atomic E-state index is 5.52. The summed E-state index contributed by atoms with van der Waals surface area (Å²) < 4.78 is 10.9. The summed E-state index contributed by atoms with van der Waals surface area (Å²) in [6, 6.07) is 13.0. The summed E-state index contributed by atoms with van der Waals surface area (Å²) in [5.74, 6) is 2.86. The van der Waals surface area contributed by atoms with Gasteiger partial charge in [-0.3, -0.25) is 4.98 Å². The largest absolute Gasteiger partial charge is 0.454 e. The van der Waals surface area contributed by atoms with E-state index in [2.05, 4.69) is 41.5 Å². The number of rotatable bonds is 4. The number of aryl methyl sites for hydroxylation is 1. The van der Waals surface area contributed by atoms with Crippen LogP contribution in [0.4, 0.5) is 0 Å². The lowest BCUT2D eigenvalue weighted by atomic mass is 9.85. The predicted octanol–water partition coefficient (Wildman–Crippen LogP) is 3.13. The van der Waals surface area contributed by atoms with Gasteiger partial charge < -0.3 is 14.8 Å². The molecule has 0 radical (unpaired) electrons. The summed E-state index contributed by atoms with van der Waals surface area (Å²) >= 11 is 0. The lowest BCUT2D eigenvalue weighted by Gasteiger charge is -2.20. The van der Waals surface area contributed by atoms with Crippen molar-refractivity contribution in [1.29, 1.82) is 0 Å². The minimum atomic E-state index is 0.337. The van der Waals surface area contributed by atoms with Gasteiger partial charge in [-0.1, -0.05) is 19.1 Å². The Labute approximate surface area is 136 Å². The molecule has 0 unspecified atom stereocenters. The van der Waals surface area contributed by atoms with E-state index in [0.717, 1.165) is 30.9 Å². The van der Waals surface area contributed by atoms with Gasteiger partial charge in [0.05, 0.1) is 0 Å². The fourth-order valence-corrected chi connectivity index (χ4v) is 3.71. The van der Waals surface area contributed by atoms with Gasteiger partial charge in [0, 0.05) is 30.4 Å². The normalized spacial score (nSPS) is 25.7. The number of fused-ring (bicyclic) bond motifs is 1. The average Bonchev–Trinajstić information content (AvgIpc) is 3.19. The Morgan fingerprint density at radius 1 is 1.17 bits per heavy atom. The summed E-state index contributed by atoms with van der Waals surface area (Å²) in [5, 5.41) is 3.69. The fourth-order valence-electron chi connectivity index (χ4n) is 3.71. The zero-order valence-electron chi connectivity index (χ0n) is 13.4. The number of hydrogen-bond donors (Lipinski definition) is 1. The molecule has 2 aliphatic rings. The molecule has 0 aliphatic carbocycles. The maximum absolute atomic E-state index is 5.52. The zero-order chi connectivity index (χ0) is 15.6. The number of pyridine rings is 1. The van der Waals surface area contributed by atoms with Gasteiger partial charge in [0.15, 0.2) is 11.5 Å². The van der Waals surface area contributed by atoms with E-state index < -0.39 is 0 Å². The van der Waals surface area contributed by atoms with Crippen LogP contribution in [0.5, 0.6) is 11.5 Å². The molecule has 1 fully saturated rings. The average molecular weight is 310 g/mol. The first-order valence-electron chi connectivity index (χ1n) is 8.34. The standard InChI is InChI=1S/C19H22N2O2/c1-13-16(14-5-8-18-19(10-14)23-12-22-18)11-21-17(13)7-6-15-4-2-3-9-20-15/h2-5,8-10,13,16-17,21H,6-7,11-12H2,1H3/t13-,16+,17+/m1/s1. The first-order valence-corrected chi connectivity index (χ1v) is 8.34. The number of nitrogens with zero attached hydrogens (tertiary/aromatic N) is 1. The third-order valence-corrected chi connectivity index (χ3v) is 5.13. The monoisotopic (exact) mass is 310 g/mol. The van der Waals surface area contributed by atoms with Crippen molar-refractivity contribution in [3.8, 4) is 11.5 Å². The van der Waals surface area contributed by atoms with Crippen molar-refractivity contribution < 1.29 is 9.47 Å². The molecule has 0 spiro atoms. The Morgan fingerprint density at radius 2 is 2.09 bits per heavy atom. The Bertz CT molecular complexity index is 674. The van der Waals surface area contributed by atoms with Crippen LogP contribution in [0.1, 0.15) is 30.5 Å². The van der Waals surface area contributed by atoms with Crippen LogP contribution >= 0.6 is 0 Å². The fraction of sp³-hybridized carbons (Fsp3) is 0.421.